The van der Waals surface area contributed by atoms with Crippen molar-refractivity contribution in [2.45, 2.75) is 33.1 Å². The average Bonchev–Trinajstić information content (AvgIpc) is 2.41. The monoisotopic (exact) mass is 302 g/mol. The molecule has 0 spiro atoms. The predicted octanol–water partition coefficient (Wildman–Crippen LogP) is 4.59. The molecule has 21 heavy (non-hydrogen) atoms. The molecule has 4 heteroatoms. The molecule has 1 N–H and O–H groups in total. The first-order chi connectivity index (χ1) is 9.77. The van der Waals surface area contributed by atoms with Crippen molar-refractivity contribution in [3.8, 4) is 0 Å². The van der Waals surface area contributed by atoms with E-state index in [1.807, 2.05) is 19.1 Å². The third-order valence-corrected chi connectivity index (χ3v) is 3.46. The molecule has 0 unspecified atom stereocenters. The Balaban J connectivity index is 2.25. The maximum Gasteiger partial charge on any atom is 0.255 e. The summed E-state index contributed by atoms with van der Waals surface area (Å²) in [7, 11) is 0. The highest BCUT2D eigenvalue weighted by Crippen LogP contribution is 2.22. The minimum absolute atomic E-state index is 0.0908. The summed E-state index contributed by atoms with van der Waals surface area (Å²) in [6.07, 6.45) is 1.67. The molecule has 110 valence electrons. The van der Waals surface area contributed by atoms with Crippen LogP contribution in [0.3, 0.4) is 0 Å². The van der Waals surface area contributed by atoms with Gasteiger partial charge in [-0.2, -0.15) is 0 Å². The standard InChI is InChI=1S/C17H19ClN2O/c1-11-9-13(18)5-6-14(11)20-16(21)12-7-8-19-15(10-12)17(2,3)4/h5-10H,1-4H3,(H,20,21). The van der Waals surface area contributed by atoms with Crippen LogP contribution in [-0.2, 0) is 5.41 Å². The van der Waals surface area contributed by atoms with Crippen molar-refractivity contribution >= 4 is 23.2 Å². The number of nitrogens with one attached hydrogen (secondary N) is 1. The van der Waals surface area contributed by atoms with Crippen molar-refractivity contribution in [3.63, 3.8) is 0 Å². The third kappa shape index (κ3) is 3.82. The molecule has 1 amide bonds. The summed E-state index contributed by atoms with van der Waals surface area (Å²) in [5, 5.41) is 3.56. The summed E-state index contributed by atoms with van der Waals surface area (Å²) in [4.78, 5) is 16.7. The molecule has 1 aromatic heterocycles. The number of carbonyl (C=O) groups excluding carboxylic acids is 1. The number of pyridine rings is 1. The van der Waals surface area contributed by atoms with Crippen LogP contribution in [0.25, 0.3) is 0 Å². The molecule has 0 aliphatic carbocycles. The van der Waals surface area contributed by atoms with E-state index in [1.54, 1.807) is 24.4 Å². The van der Waals surface area contributed by atoms with Gasteiger partial charge in [-0.15, -0.1) is 0 Å². The molecule has 0 bridgehead atoms. The van der Waals surface area contributed by atoms with E-state index in [2.05, 4.69) is 31.1 Å². The van der Waals surface area contributed by atoms with Crippen LogP contribution in [0.1, 0.15) is 42.4 Å². The van der Waals surface area contributed by atoms with E-state index in [0.717, 1.165) is 16.9 Å². The van der Waals surface area contributed by atoms with E-state index < -0.39 is 0 Å². The molecular formula is C17H19ClN2O. The molecule has 1 heterocycles. The zero-order chi connectivity index (χ0) is 15.6. The van der Waals surface area contributed by atoms with Crippen molar-refractivity contribution in [1.29, 1.82) is 0 Å². The average molecular weight is 303 g/mol. The van der Waals surface area contributed by atoms with Gasteiger partial charge in [0.2, 0.25) is 0 Å². The van der Waals surface area contributed by atoms with Gasteiger partial charge in [-0.25, -0.2) is 0 Å². The quantitative estimate of drug-likeness (QED) is 0.881. The van der Waals surface area contributed by atoms with Gasteiger partial charge >= 0.3 is 0 Å². The Morgan fingerprint density at radius 3 is 2.52 bits per heavy atom. The zero-order valence-corrected chi connectivity index (χ0v) is 13.5. The summed E-state index contributed by atoms with van der Waals surface area (Å²) in [6.45, 7) is 8.12. The van der Waals surface area contributed by atoms with Gasteiger partial charge in [0.05, 0.1) is 0 Å². The van der Waals surface area contributed by atoms with Crippen molar-refractivity contribution in [1.82, 2.24) is 4.98 Å². The number of nitrogens with zero attached hydrogens (tertiary/aromatic N) is 1. The molecule has 0 aliphatic rings. The Morgan fingerprint density at radius 2 is 1.90 bits per heavy atom. The van der Waals surface area contributed by atoms with E-state index in [4.69, 9.17) is 11.6 Å². The van der Waals surface area contributed by atoms with Gasteiger partial charge in [0.1, 0.15) is 0 Å². The molecule has 0 fully saturated rings. The number of carbonyl (C=O) groups is 1. The molecule has 0 radical (unpaired) electrons. The smallest absolute Gasteiger partial charge is 0.255 e. The van der Waals surface area contributed by atoms with Crippen LogP contribution in [0.2, 0.25) is 5.02 Å². The van der Waals surface area contributed by atoms with Crippen LogP contribution < -0.4 is 5.32 Å². The minimum atomic E-state index is -0.145. The third-order valence-electron chi connectivity index (χ3n) is 3.23. The second-order valence-corrected chi connectivity index (χ2v) is 6.53. The summed E-state index contributed by atoms with van der Waals surface area (Å²) in [6, 6.07) is 8.94. The fourth-order valence-electron chi connectivity index (χ4n) is 1.94. The van der Waals surface area contributed by atoms with Crippen molar-refractivity contribution < 1.29 is 4.79 Å². The highest BCUT2D eigenvalue weighted by molar-refractivity contribution is 6.30. The molecule has 3 nitrogen and oxygen atoms in total. The summed E-state index contributed by atoms with van der Waals surface area (Å²) < 4.78 is 0. The van der Waals surface area contributed by atoms with E-state index >= 15 is 0 Å². The Morgan fingerprint density at radius 1 is 1.19 bits per heavy atom. The normalized spacial score (nSPS) is 11.3. The molecular weight excluding hydrogens is 284 g/mol. The number of aryl methyl sites for hydroxylation is 1. The number of anilines is 1. The Labute approximate surface area is 130 Å². The molecule has 0 aliphatic heterocycles. The van der Waals surface area contributed by atoms with Crippen molar-refractivity contribution in [2.24, 2.45) is 0 Å². The fraction of sp³-hybridized carbons (Fsp3) is 0.294. The van der Waals surface area contributed by atoms with Crippen molar-refractivity contribution in [3.05, 3.63) is 58.4 Å². The van der Waals surface area contributed by atoms with E-state index in [-0.39, 0.29) is 11.3 Å². The number of benzene rings is 1. The number of halogens is 1. The van der Waals surface area contributed by atoms with Crippen LogP contribution in [0.4, 0.5) is 5.69 Å². The molecule has 1 aromatic carbocycles. The summed E-state index contributed by atoms with van der Waals surface area (Å²) in [5.41, 5.74) is 3.10. The Kier molecular flexibility index (Phi) is 4.33. The van der Waals surface area contributed by atoms with Crippen LogP contribution in [-0.4, -0.2) is 10.9 Å². The topological polar surface area (TPSA) is 42.0 Å². The molecule has 0 atom stereocenters. The summed E-state index contributed by atoms with van der Waals surface area (Å²) in [5.74, 6) is -0.145. The van der Waals surface area contributed by atoms with Crippen LogP contribution in [0.15, 0.2) is 36.5 Å². The predicted molar refractivity (Wildman–Crippen MR) is 87.1 cm³/mol. The van der Waals surface area contributed by atoms with E-state index in [0.29, 0.717) is 10.6 Å². The number of amides is 1. The van der Waals surface area contributed by atoms with E-state index in [9.17, 15) is 4.79 Å². The van der Waals surface area contributed by atoms with Gasteiger partial charge in [0.15, 0.2) is 0 Å². The van der Waals surface area contributed by atoms with E-state index in [1.165, 1.54) is 0 Å². The van der Waals surface area contributed by atoms with Gasteiger partial charge in [-0.1, -0.05) is 32.4 Å². The Hall–Kier alpha value is -1.87. The number of hydrogen-bond acceptors (Lipinski definition) is 2. The van der Waals surface area contributed by atoms with Gasteiger partial charge in [-0.3, -0.25) is 9.78 Å². The Bertz CT molecular complexity index is 675. The van der Waals surface area contributed by atoms with Crippen LogP contribution in [0, 0.1) is 6.92 Å². The minimum Gasteiger partial charge on any atom is -0.322 e. The van der Waals surface area contributed by atoms with Gasteiger partial charge in [-0.05, 0) is 42.8 Å². The lowest BCUT2D eigenvalue weighted by Crippen LogP contribution is -2.17. The maximum atomic E-state index is 12.4. The van der Waals surface area contributed by atoms with Crippen LogP contribution >= 0.6 is 11.6 Å². The number of hydrogen-bond donors (Lipinski definition) is 1. The molecule has 0 saturated carbocycles. The number of rotatable bonds is 2. The molecule has 0 saturated heterocycles. The fourth-order valence-corrected chi connectivity index (χ4v) is 2.17. The summed E-state index contributed by atoms with van der Waals surface area (Å²) >= 11 is 5.92. The van der Waals surface area contributed by atoms with Gasteiger partial charge < -0.3 is 5.32 Å². The molecule has 2 aromatic rings. The second kappa shape index (κ2) is 5.86. The van der Waals surface area contributed by atoms with Crippen molar-refractivity contribution in [2.75, 3.05) is 5.32 Å². The zero-order valence-electron chi connectivity index (χ0n) is 12.7. The lowest BCUT2D eigenvalue weighted by atomic mass is 9.91. The first kappa shape index (κ1) is 15.5. The van der Waals surface area contributed by atoms with Gasteiger partial charge in [0, 0.05) is 33.6 Å². The van der Waals surface area contributed by atoms with Gasteiger partial charge in [0.25, 0.3) is 5.91 Å². The largest absolute Gasteiger partial charge is 0.322 e. The van der Waals surface area contributed by atoms with Crippen LogP contribution in [0.5, 0.6) is 0 Å². The number of aromatic nitrogens is 1. The first-order valence-corrected chi connectivity index (χ1v) is 7.19. The first-order valence-electron chi connectivity index (χ1n) is 6.81. The second-order valence-electron chi connectivity index (χ2n) is 6.09. The maximum absolute atomic E-state index is 12.4. The highest BCUT2D eigenvalue weighted by atomic mass is 35.5. The molecule has 2 rings (SSSR count). The highest BCUT2D eigenvalue weighted by Gasteiger charge is 2.17. The lowest BCUT2D eigenvalue weighted by molar-refractivity contribution is 0.102. The lowest BCUT2D eigenvalue weighted by Gasteiger charge is -2.18. The SMILES string of the molecule is Cc1cc(Cl)ccc1NC(=O)c1ccnc(C(C)(C)C)c1.